The van der Waals surface area contributed by atoms with Crippen LogP contribution in [-0.2, 0) is 6.42 Å². The Kier molecular flexibility index (Phi) is 5.14. The Balaban J connectivity index is 2.41. The number of benzene rings is 1. The van der Waals surface area contributed by atoms with Gasteiger partial charge in [0, 0.05) is 11.6 Å². The lowest BCUT2D eigenvalue weighted by Gasteiger charge is -2.18. The van der Waals surface area contributed by atoms with Crippen molar-refractivity contribution in [3.63, 3.8) is 0 Å². The molecule has 0 spiro atoms. The summed E-state index contributed by atoms with van der Waals surface area (Å²) in [4.78, 5) is 0.895. The smallest absolute Gasteiger partial charge is 0.131 e. The summed E-state index contributed by atoms with van der Waals surface area (Å²) in [7, 11) is 0. The predicted molar refractivity (Wildman–Crippen MR) is 75.8 cm³/mol. The van der Waals surface area contributed by atoms with E-state index in [-0.39, 0.29) is 6.04 Å². The van der Waals surface area contributed by atoms with Crippen LogP contribution in [-0.4, -0.2) is 16.1 Å². The van der Waals surface area contributed by atoms with E-state index >= 15 is 0 Å². The van der Waals surface area contributed by atoms with Gasteiger partial charge in [-0.2, -0.15) is 0 Å². The fourth-order valence-corrected chi connectivity index (χ4v) is 2.88. The molecular formula is C14H17F2N3S. The van der Waals surface area contributed by atoms with Crippen LogP contribution >= 0.6 is 11.5 Å². The molecule has 0 saturated carbocycles. The van der Waals surface area contributed by atoms with E-state index in [1.165, 1.54) is 23.7 Å². The number of nitrogens with one attached hydrogen (secondary N) is 1. The molecule has 1 aromatic carbocycles. The van der Waals surface area contributed by atoms with E-state index in [0.29, 0.717) is 5.56 Å². The second-order valence-corrected chi connectivity index (χ2v) is 5.28. The average molecular weight is 297 g/mol. The minimum absolute atomic E-state index is 0.328. The van der Waals surface area contributed by atoms with Crippen molar-refractivity contribution in [3.8, 4) is 0 Å². The van der Waals surface area contributed by atoms with Crippen molar-refractivity contribution >= 4 is 11.5 Å². The number of hydrogen-bond acceptors (Lipinski definition) is 4. The Hall–Kier alpha value is -1.40. The zero-order valence-corrected chi connectivity index (χ0v) is 12.3. The fraction of sp³-hybridized carbons (Fsp3) is 0.429. The Labute approximate surface area is 121 Å². The molecule has 0 radical (unpaired) electrons. The standard InChI is InChI=1S/C14H17F2N3S/c1-3-7-17-13(14-12(4-2)18-19-20-14)10-6-5-9(15)8-11(10)16/h5-6,8,13,17H,3-4,7H2,1-2H3. The number of aromatic nitrogens is 2. The van der Waals surface area contributed by atoms with Crippen LogP contribution in [0.15, 0.2) is 18.2 Å². The van der Waals surface area contributed by atoms with Crippen molar-refractivity contribution in [1.82, 2.24) is 14.9 Å². The summed E-state index contributed by atoms with van der Waals surface area (Å²) in [5.74, 6) is -1.12. The largest absolute Gasteiger partial charge is 0.305 e. The van der Waals surface area contributed by atoms with Gasteiger partial charge in [0.1, 0.15) is 11.6 Å². The maximum absolute atomic E-state index is 14.0. The van der Waals surface area contributed by atoms with Gasteiger partial charge in [-0.1, -0.05) is 24.4 Å². The lowest BCUT2D eigenvalue weighted by atomic mass is 10.0. The highest BCUT2D eigenvalue weighted by Gasteiger charge is 2.23. The van der Waals surface area contributed by atoms with Gasteiger partial charge in [-0.25, -0.2) is 8.78 Å². The van der Waals surface area contributed by atoms with Crippen molar-refractivity contribution < 1.29 is 8.78 Å². The van der Waals surface area contributed by atoms with E-state index in [1.54, 1.807) is 0 Å². The molecule has 0 bridgehead atoms. The Morgan fingerprint density at radius 1 is 1.30 bits per heavy atom. The maximum atomic E-state index is 14.0. The van der Waals surface area contributed by atoms with Gasteiger partial charge in [0.05, 0.1) is 16.6 Å². The summed E-state index contributed by atoms with van der Waals surface area (Å²) in [5, 5.41) is 7.36. The summed E-state index contributed by atoms with van der Waals surface area (Å²) in [6.45, 7) is 4.76. The van der Waals surface area contributed by atoms with Crippen LogP contribution in [0.2, 0.25) is 0 Å². The second kappa shape index (κ2) is 6.85. The highest BCUT2D eigenvalue weighted by Crippen LogP contribution is 2.29. The van der Waals surface area contributed by atoms with Gasteiger partial charge in [-0.05, 0) is 37.0 Å². The van der Waals surface area contributed by atoms with Gasteiger partial charge in [-0.3, -0.25) is 0 Å². The summed E-state index contributed by atoms with van der Waals surface area (Å²) in [5.41, 5.74) is 1.29. The molecule has 1 atom stereocenters. The molecule has 1 heterocycles. The van der Waals surface area contributed by atoms with Crippen LogP contribution in [0, 0.1) is 11.6 Å². The maximum Gasteiger partial charge on any atom is 0.131 e. The Morgan fingerprint density at radius 3 is 2.75 bits per heavy atom. The van der Waals surface area contributed by atoms with Gasteiger partial charge in [0.2, 0.25) is 0 Å². The number of rotatable bonds is 6. The second-order valence-electron chi connectivity index (χ2n) is 4.49. The Bertz CT molecular complexity index is 571. The lowest BCUT2D eigenvalue weighted by Crippen LogP contribution is -2.24. The monoisotopic (exact) mass is 297 g/mol. The van der Waals surface area contributed by atoms with E-state index < -0.39 is 11.6 Å². The van der Waals surface area contributed by atoms with Crippen molar-refractivity contribution in [2.24, 2.45) is 0 Å². The van der Waals surface area contributed by atoms with Crippen molar-refractivity contribution in [2.45, 2.75) is 32.7 Å². The molecule has 0 aliphatic carbocycles. The predicted octanol–water partition coefficient (Wildman–Crippen LogP) is 3.47. The van der Waals surface area contributed by atoms with Gasteiger partial charge < -0.3 is 5.32 Å². The summed E-state index contributed by atoms with van der Waals surface area (Å²) >= 11 is 1.26. The molecule has 2 rings (SSSR count). The third kappa shape index (κ3) is 3.19. The first-order valence-electron chi connectivity index (χ1n) is 6.66. The van der Waals surface area contributed by atoms with Gasteiger partial charge >= 0.3 is 0 Å². The zero-order chi connectivity index (χ0) is 14.5. The third-order valence-corrected chi connectivity index (χ3v) is 3.89. The highest BCUT2D eigenvalue weighted by atomic mass is 32.1. The third-order valence-electron chi connectivity index (χ3n) is 3.05. The van der Waals surface area contributed by atoms with Crippen molar-refractivity contribution in [2.75, 3.05) is 6.54 Å². The van der Waals surface area contributed by atoms with Crippen LogP contribution in [0.1, 0.15) is 42.4 Å². The zero-order valence-electron chi connectivity index (χ0n) is 11.5. The molecule has 1 unspecified atom stereocenters. The topological polar surface area (TPSA) is 37.8 Å². The van der Waals surface area contributed by atoms with Crippen LogP contribution in [0.25, 0.3) is 0 Å². The van der Waals surface area contributed by atoms with Gasteiger partial charge in [0.15, 0.2) is 0 Å². The van der Waals surface area contributed by atoms with Crippen LogP contribution in [0.5, 0.6) is 0 Å². The average Bonchev–Trinajstić information content (AvgIpc) is 2.89. The number of nitrogens with zero attached hydrogens (tertiary/aromatic N) is 2. The van der Waals surface area contributed by atoms with Gasteiger partial charge in [-0.15, -0.1) is 5.10 Å². The van der Waals surface area contributed by atoms with Crippen molar-refractivity contribution in [1.29, 1.82) is 0 Å². The first kappa shape index (κ1) is 15.0. The molecule has 0 saturated heterocycles. The minimum Gasteiger partial charge on any atom is -0.305 e. The van der Waals surface area contributed by atoms with Crippen LogP contribution in [0.3, 0.4) is 0 Å². The lowest BCUT2D eigenvalue weighted by molar-refractivity contribution is 0.534. The normalized spacial score (nSPS) is 12.6. The summed E-state index contributed by atoms with van der Waals surface area (Å²) in [6, 6.07) is 3.34. The first-order chi connectivity index (χ1) is 9.67. The number of aryl methyl sites for hydroxylation is 1. The molecule has 3 nitrogen and oxygen atoms in total. The van der Waals surface area contributed by atoms with Crippen LogP contribution in [0.4, 0.5) is 8.78 Å². The number of hydrogen-bond donors (Lipinski definition) is 1. The summed E-state index contributed by atoms with van der Waals surface area (Å²) in [6.07, 6.45) is 1.66. The Morgan fingerprint density at radius 2 is 2.10 bits per heavy atom. The number of halogens is 2. The van der Waals surface area contributed by atoms with E-state index in [4.69, 9.17) is 0 Å². The SMILES string of the molecule is CCCNC(c1ccc(F)cc1F)c1snnc1CC. The van der Waals surface area contributed by atoms with Gasteiger partial charge in [0.25, 0.3) is 0 Å². The fourth-order valence-electron chi connectivity index (χ4n) is 2.05. The van der Waals surface area contributed by atoms with E-state index in [0.717, 1.165) is 36.0 Å². The molecule has 0 aliphatic heterocycles. The molecule has 20 heavy (non-hydrogen) atoms. The van der Waals surface area contributed by atoms with Crippen LogP contribution < -0.4 is 5.32 Å². The first-order valence-corrected chi connectivity index (χ1v) is 7.44. The molecule has 2 aromatic rings. The minimum atomic E-state index is -0.571. The molecular weight excluding hydrogens is 280 g/mol. The molecule has 108 valence electrons. The molecule has 6 heteroatoms. The van der Waals surface area contributed by atoms with E-state index in [1.807, 2.05) is 13.8 Å². The molecule has 0 aliphatic rings. The highest BCUT2D eigenvalue weighted by molar-refractivity contribution is 7.05. The van der Waals surface area contributed by atoms with Crippen molar-refractivity contribution in [3.05, 3.63) is 46.0 Å². The summed E-state index contributed by atoms with van der Waals surface area (Å²) < 4.78 is 31.1. The molecule has 0 amide bonds. The van der Waals surface area contributed by atoms with E-state index in [2.05, 4.69) is 14.9 Å². The van der Waals surface area contributed by atoms with E-state index in [9.17, 15) is 8.78 Å². The molecule has 0 fully saturated rings. The molecule has 1 aromatic heterocycles. The quantitative estimate of drug-likeness (QED) is 0.887. The molecule has 1 N–H and O–H groups in total.